The van der Waals surface area contributed by atoms with Crippen LogP contribution in [0.15, 0.2) is 109 Å². The molecule has 0 atom stereocenters. The smallest absolute Gasteiger partial charge is 0.253 e. The predicted molar refractivity (Wildman–Crippen MR) is 241 cm³/mol. The molecule has 0 spiro atoms. The van der Waals surface area contributed by atoms with Crippen LogP contribution in [0, 0.1) is 0 Å². The van der Waals surface area contributed by atoms with Crippen LogP contribution in [0.3, 0.4) is 0 Å². The van der Waals surface area contributed by atoms with E-state index in [1.54, 1.807) is 5.56 Å². The van der Waals surface area contributed by atoms with E-state index in [9.17, 15) is 1.37 Å². The van der Waals surface area contributed by atoms with Gasteiger partial charge in [0.1, 0.15) is 0 Å². The number of rotatable bonds is 2. The van der Waals surface area contributed by atoms with Crippen molar-refractivity contribution in [2.75, 3.05) is 9.80 Å². The quantitative estimate of drug-likeness (QED) is 0.163. The van der Waals surface area contributed by atoms with Gasteiger partial charge in [-0.05, 0) is 140 Å². The Bertz CT molecular complexity index is 2720. The van der Waals surface area contributed by atoms with Crippen molar-refractivity contribution in [3.8, 4) is 0 Å². The first kappa shape index (κ1) is 33.5. The lowest BCUT2D eigenvalue weighted by Gasteiger charge is -2.44. The van der Waals surface area contributed by atoms with E-state index in [4.69, 9.17) is 0 Å². The van der Waals surface area contributed by atoms with Crippen molar-refractivity contribution in [1.29, 1.82) is 0 Å². The van der Waals surface area contributed by atoms with E-state index in [0.29, 0.717) is 6.04 Å². The van der Waals surface area contributed by atoms with Crippen LogP contribution in [-0.4, -0.2) is 6.71 Å². The predicted octanol–water partition coefficient (Wildman–Crippen LogP) is 12.5. The van der Waals surface area contributed by atoms with E-state index in [1.165, 1.54) is 83.0 Å². The average Bonchev–Trinajstić information content (AvgIpc) is 3.78. The van der Waals surface area contributed by atoms with E-state index in [0.717, 1.165) is 29.2 Å². The lowest BCUT2D eigenvalue weighted by atomic mass is 9.32. The summed E-state index contributed by atoms with van der Waals surface area (Å²) in [6.07, 6.45) is 3.58. The largest absolute Gasteiger partial charge is 0.311 e. The molecule has 6 aromatic carbocycles. The minimum atomic E-state index is -0.0255. The van der Waals surface area contributed by atoms with Gasteiger partial charge in [0.2, 0.25) is 0 Å². The molecule has 274 valence electrons. The van der Waals surface area contributed by atoms with Gasteiger partial charge in [-0.15, -0.1) is 11.3 Å². The fraction of sp³-hybridized carbons (Fsp3) is 0.294. The minimum absolute atomic E-state index is 0.0159. The van der Waals surface area contributed by atoms with Gasteiger partial charge in [-0.2, -0.15) is 0 Å². The van der Waals surface area contributed by atoms with E-state index in [2.05, 4.69) is 175 Å². The summed E-state index contributed by atoms with van der Waals surface area (Å²) < 4.78 is 12.3. The topological polar surface area (TPSA) is 6.48 Å². The first-order chi connectivity index (χ1) is 26.6. The minimum Gasteiger partial charge on any atom is -0.311 e. The first-order valence-corrected chi connectivity index (χ1v) is 21.0. The van der Waals surface area contributed by atoms with Crippen LogP contribution >= 0.6 is 11.3 Å². The zero-order chi connectivity index (χ0) is 39.1. The molecule has 0 saturated heterocycles. The number of nitrogens with zero attached hydrogens (tertiary/aromatic N) is 2. The second-order valence-corrected chi connectivity index (χ2v) is 20.3. The molecule has 3 aliphatic rings. The van der Waals surface area contributed by atoms with E-state index in [1.807, 2.05) is 11.3 Å². The highest BCUT2D eigenvalue weighted by atomic mass is 32.1. The normalized spacial score (nSPS) is 15.3. The second kappa shape index (κ2) is 11.9. The summed E-state index contributed by atoms with van der Waals surface area (Å²) in [5.74, 6) is 0. The molecular formula is C51H51BN2S. The summed E-state index contributed by atoms with van der Waals surface area (Å²) in [5.41, 5.74) is 18.0. The van der Waals surface area contributed by atoms with Gasteiger partial charge in [0.15, 0.2) is 0 Å². The summed E-state index contributed by atoms with van der Waals surface area (Å²) in [6.45, 7) is 20.6. The Morgan fingerprint density at radius 1 is 0.564 bits per heavy atom. The Hall–Kier alpha value is -4.80. The molecule has 7 aromatic rings. The summed E-state index contributed by atoms with van der Waals surface area (Å²) in [7, 11) is 0. The third-order valence-corrected chi connectivity index (χ3v) is 13.8. The Kier molecular flexibility index (Phi) is 7.23. The Morgan fingerprint density at radius 3 is 1.71 bits per heavy atom. The second-order valence-electron chi connectivity index (χ2n) is 19.3. The van der Waals surface area contributed by atoms with Crippen molar-refractivity contribution >= 4 is 88.7 Å². The van der Waals surface area contributed by atoms with Crippen LogP contribution in [0.5, 0.6) is 0 Å². The number of hydrogen-bond donors (Lipinski definition) is 0. The summed E-state index contributed by atoms with van der Waals surface area (Å²) in [4.78, 5) is 4.93. The van der Waals surface area contributed by atoms with Gasteiger partial charge < -0.3 is 9.80 Å². The number of aryl methyl sites for hydroxylation is 2. The number of hydrogen-bond acceptors (Lipinski definition) is 3. The van der Waals surface area contributed by atoms with Gasteiger partial charge in [-0.25, -0.2) is 0 Å². The van der Waals surface area contributed by atoms with E-state index in [-0.39, 0.29) is 23.0 Å². The summed E-state index contributed by atoms with van der Waals surface area (Å²) in [5, 5.41) is 2.78. The molecule has 2 aliphatic heterocycles. The van der Waals surface area contributed by atoms with E-state index >= 15 is 0 Å². The van der Waals surface area contributed by atoms with Gasteiger partial charge in [0.05, 0.1) is 1.37 Å². The van der Waals surface area contributed by atoms with Crippen molar-refractivity contribution in [1.82, 2.24) is 0 Å². The van der Waals surface area contributed by atoms with Crippen LogP contribution in [0.1, 0.15) is 97.9 Å². The molecule has 55 heavy (non-hydrogen) atoms. The maximum absolute atomic E-state index is 9.42. The van der Waals surface area contributed by atoms with Gasteiger partial charge in [-0.1, -0.05) is 117 Å². The highest BCUT2D eigenvalue weighted by Gasteiger charge is 2.45. The maximum Gasteiger partial charge on any atom is 0.253 e. The number of benzene rings is 6. The Labute approximate surface area is 333 Å². The van der Waals surface area contributed by atoms with Gasteiger partial charge >= 0.3 is 0 Å². The lowest BCUT2D eigenvalue weighted by molar-refractivity contribution is 0.590. The maximum atomic E-state index is 9.42. The van der Waals surface area contributed by atoms with Crippen molar-refractivity contribution in [3.05, 3.63) is 137 Å². The van der Waals surface area contributed by atoms with Crippen LogP contribution < -0.4 is 26.2 Å². The molecule has 0 unspecified atom stereocenters. The lowest BCUT2D eigenvalue weighted by Crippen LogP contribution is -2.61. The number of fused-ring (bicyclic) bond motifs is 10. The first-order valence-electron chi connectivity index (χ1n) is 20.7. The Morgan fingerprint density at radius 2 is 1.11 bits per heavy atom. The molecule has 0 fully saturated rings. The SMILES string of the molecule is [2H]c1cc2c3c(c1)N(c1ccc(C(C)(C)C)cc1)c1ccc4sc5c6c(ccc5c4c1B3c1cc(C(C)(C)C)ccc1N2c1ccc(C(C)(C)C)cc1)CCC6. The molecule has 10 rings (SSSR count). The number of anilines is 6. The van der Waals surface area contributed by atoms with Gasteiger partial charge in [-0.3, -0.25) is 0 Å². The van der Waals surface area contributed by atoms with Gasteiger partial charge in [0, 0.05) is 48.9 Å². The molecule has 0 saturated carbocycles. The molecular weight excluding hydrogens is 683 g/mol. The molecule has 1 aliphatic carbocycles. The summed E-state index contributed by atoms with van der Waals surface area (Å²) >= 11 is 1.99. The van der Waals surface area contributed by atoms with Crippen molar-refractivity contribution in [3.63, 3.8) is 0 Å². The monoisotopic (exact) mass is 735 g/mol. The molecule has 3 heterocycles. The van der Waals surface area contributed by atoms with Crippen LogP contribution in [-0.2, 0) is 29.1 Å². The van der Waals surface area contributed by atoms with Crippen molar-refractivity contribution in [2.24, 2.45) is 0 Å². The van der Waals surface area contributed by atoms with Crippen LogP contribution in [0.2, 0.25) is 0 Å². The molecule has 0 N–H and O–H groups in total. The highest BCUT2D eigenvalue weighted by molar-refractivity contribution is 7.26. The third kappa shape index (κ3) is 5.27. The standard InChI is InChI=1S/C51H51BN2S/c1-49(2,3)32-17-22-35(23-18-32)53-40-27-21-34(51(7,8)9)30-39(40)52-46-41(53)14-11-15-42(46)54(36-24-19-33(20-25-36)50(4,5)6)43-28-29-44-45(47(43)52)38-26-16-31-12-10-13-37(31)48(38)55-44/h11,14-30H,10,12-13H2,1-9H3/i11D. The average molecular weight is 736 g/mol. The molecule has 0 radical (unpaired) electrons. The van der Waals surface area contributed by atoms with Gasteiger partial charge in [0.25, 0.3) is 6.71 Å². The zero-order valence-electron chi connectivity index (χ0n) is 34.8. The van der Waals surface area contributed by atoms with Crippen molar-refractivity contribution in [2.45, 2.75) is 97.8 Å². The third-order valence-electron chi connectivity index (χ3n) is 12.6. The Balaban J connectivity index is 1.33. The summed E-state index contributed by atoms with van der Waals surface area (Å²) in [6, 6.07) is 39.9. The van der Waals surface area contributed by atoms with Crippen LogP contribution in [0.4, 0.5) is 34.1 Å². The fourth-order valence-electron chi connectivity index (χ4n) is 9.59. The fourth-order valence-corrected chi connectivity index (χ4v) is 10.9. The zero-order valence-corrected chi connectivity index (χ0v) is 34.6. The number of thiophene rings is 1. The van der Waals surface area contributed by atoms with E-state index < -0.39 is 0 Å². The van der Waals surface area contributed by atoms with Crippen molar-refractivity contribution < 1.29 is 1.37 Å². The molecule has 4 heteroatoms. The molecule has 1 aromatic heterocycles. The molecule has 2 nitrogen and oxygen atoms in total. The molecule has 0 bridgehead atoms. The van der Waals surface area contributed by atoms with Crippen LogP contribution in [0.25, 0.3) is 20.2 Å². The highest BCUT2D eigenvalue weighted by Crippen LogP contribution is 2.48. The molecule has 0 amide bonds.